The molecule has 176 valence electrons. The van der Waals surface area contributed by atoms with Crippen LogP contribution in [0.1, 0.15) is 56.3 Å². The number of rotatable bonds is 10. The number of nitrogens with one attached hydrogen (secondary N) is 1. The highest BCUT2D eigenvalue weighted by atomic mass is 16.6. The maximum Gasteiger partial charge on any atom is 0.349 e. The molecule has 2 aromatic carbocycles. The number of benzene rings is 2. The van der Waals surface area contributed by atoms with Crippen LogP contribution in [-0.2, 0) is 9.59 Å². The average Bonchev–Trinajstić information content (AvgIpc) is 2.83. The largest absolute Gasteiger partial charge is 0.482 e. The monoisotopic (exact) mass is 453 g/mol. The van der Waals surface area contributed by atoms with Crippen LogP contribution in [0, 0.1) is 5.92 Å². The van der Waals surface area contributed by atoms with E-state index in [0.717, 1.165) is 32.1 Å². The number of para-hydroxylation sites is 1. The molecule has 0 atom stereocenters. The molecule has 7 nitrogen and oxygen atoms in total. The van der Waals surface area contributed by atoms with E-state index in [0.29, 0.717) is 11.3 Å². The summed E-state index contributed by atoms with van der Waals surface area (Å²) in [4.78, 5) is 37.6. The number of esters is 2. The van der Waals surface area contributed by atoms with Crippen molar-refractivity contribution in [3.05, 3.63) is 54.1 Å². The predicted octanol–water partition coefficient (Wildman–Crippen LogP) is 4.34. The van der Waals surface area contributed by atoms with Crippen LogP contribution < -0.4 is 19.5 Å². The van der Waals surface area contributed by atoms with Crippen molar-refractivity contribution in [3.8, 4) is 17.2 Å². The second-order valence-electron chi connectivity index (χ2n) is 8.45. The van der Waals surface area contributed by atoms with Crippen molar-refractivity contribution >= 4 is 17.7 Å². The molecule has 0 aromatic heterocycles. The molecule has 3 rings (SSSR count). The fourth-order valence-electron chi connectivity index (χ4n) is 3.59. The molecule has 1 saturated carbocycles. The number of ether oxygens (including phenoxy) is 3. The lowest BCUT2D eigenvalue weighted by atomic mass is 9.89. The van der Waals surface area contributed by atoms with Gasteiger partial charge in [0.25, 0.3) is 0 Å². The predicted molar refractivity (Wildman–Crippen MR) is 124 cm³/mol. The van der Waals surface area contributed by atoms with E-state index in [1.165, 1.54) is 12.1 Å². The van der Waals surface area contributed by atoms with E-state index in [2.05, 4.69) is 5.32 Å². The summed E-state index contributed by atoms with van der Waals surface area (Å²) in [5.41, 5.74) is 0.370. The minimum absolute atomic E-state index is 0.0639. The Labute approximate surface area is 194 Å². The molecule has 7 heteroatoms. The Kier molecular flexibility index (Phi) is 9.01. The summed E-state index contributed by atoms with van der Waals surface area (Å²) in [6.45, 7) is 3.74. The Balaban J connectivity index is 1.73. The molecule has 0 amide bonds. The van der Waals surface area contributed by atoms with E-state index in [1.807, 2.05) is 19.9 Å². The van der Waals surface area contributed by atoms with E-state index in [9.17, 15) is 14.4 Å². The van der Waals surface area contributed by atoms with Crippen molar-refractivity contribution in [1.82, 2.24) is 5.32 Å². The van der Waals surface area contributed by atoms with E-state index >= 15 is 0 Å². The smallest absolute Gasteiger partial charge is 0.349 e. The lowest BCUT2D eigenvalue weighted by molar-refractivity contribution is -0.141. The van der Waals surface area contributed by atoms with E-state index in [-0.39, 0.29) is 48.4 Å². The van der Waals surface area contributed by atoms with Gasteiger partial charge in [0.1, 0.15) is 5.75 Å². The topological polar surface area (TPSA) is 90.9 Å². The standard InChI is InChI=1S/C26H31NO6/c1-18(2)27-16-22(28)20-13-14-23(32-25(29)17-31-21-11-7-4-8-12-21)24(15-20)33-26(30)19-9-5-3-6-10-19/h4,7-8,11-15,18-19,27H,3,5-6,9-10,16-17H2,1-2H3. The van der Waals surface area contributed by atoms with Crippen molar-refractivity contribution in [2.75, 3.05) is 13.2 Å². The number of hydrogen-bond acceptors (Lipinski definition) is 7. The van der Waals surface area contributed by atoms with Gasteiger partial charge in [0, 0.05) is 11.6 Å². The Bertz CT molecular complexity index is 951. The van der Waals surface area contributed by atoms with Gasteiger partial charge in [-0.25, -0.2) is 4.79 Å². The fraction of sp³-hybridized carbons (Fsp3) is 0.423. The van der Waals surface area contributed by atoms with Crippen LogP contribution >= 0.6 is 0 Å². The first-order chi connectivity index (χ1) is 15.9. The molecule has 0 aliphatic heterocycles. The van der Waals surface area contributed by atoms with E-state index in [4.69, 9.17) is 14.2 Å². The highest BCUT2D eigenvalue weighted by Crippen LogP contribution is 2.32. The molecule has 2 aromatic rings. The maximum absolute atomic E-state index is 12.7. The molecule has 1 aliphatic rings. The zero-order valence-corrected chi connectivity index (χ0v) is 19.2. The molecule has 0 heterocycles. The summed E-state index contributed by atoms with van der Waals surface area (Å²) in [6.07, 6.45) is 4.63. The molecule has 0 unspecified atom stereocenters. The third-order valence-corrected chi connectivity index (χ3v) is 5.41. The summed E-state index contributed by atoms with van der Waals surface area (Å²) in [5, 5.41) is 3.08. The molecule has 0 saturated heterocycles. The Morgan fingerprint density at radius 3 is 2.36 bits per heavy atom. The van der Waals surface area contributed by atoms with Crippen LogP contribution in [0.15, 0.2) is 48.5 Å². The van der Waals surface area contributed by atoms with Gasteiger partial charge in [-0.3, -0.25) is 9.59 Å². The van der Waals surface area contributed by atoms with Gasteiger partial charge in [0.05, 0.1) is 12.5 Å². The third-order valence-electron chi connectivity index (χ3n) is 5.41. The zero-order valence-electron chi connectivity index (χ0n) is 19.2. The first-order valence-electron chi connectivity index (χ1n) is 11.4. The molecule has 1 aliphatic carbocycles. The second kappa shape index (κ2) is 12.2. The average molecular weight is 454 g/mol. The summed E-state index contributed by atoms with van der Waals surface area (Å²) in [6, 6.07) is 13.6. The van der Waals surface area contributed by atoms with Crippen LogP contribution in [0.5, 0.6) is 17.2 Å². The summed E-state index contributed by atoms with van der Waals surface area (Å²) in [7, 11) is 0. The van der Waals surface area contributed by atoms with Crippen LogP contribution in [-0.4, -0.2) is 36.9 Å². The van der Waals surface area contributed by atoms with Gasteiger partial charge in [0.15, 0.2) is 23.9 Å². The second-order valence-corrected chi connectivity index (χ2v) is 8.45. The Morgan fingerprint density at radius 1 is 0.939 bits per heavy atom. The highest BCUT2D eigenvalue weighted by Gasteiger charge is 2.25. The van der Waals surface area contributed by atoms with Crippen LogP contribution in [0.25, 0.3) is 0 Å². The minimum atomic E-state index is -0.644. The maximum atomic E-state index is 12.7. The van der Waals surface area contributed by atoms with Crippen LogP contribution in [0.4, 0.5) is 0 Å². The van der Waals surface area contributed by atoms with Crippen molar-refractivity contribution in [3.63, 3.8) is 0 Å². The number of carbonyl (C=O) groups excluding carboxylic acids is 3. The van der Waals surface area contributed by atoms with E-state index in [1.54, 1.807) is 30.3 Å². The fourth-order valence-corrected chi connectivity index (χ4v) is 3.59. The van der Waals surface area contributed by atoms with Gasteiger partial charge in [-0.2, -0.15) is 0 Å². The molecule has 0 bridgehead atoms. The van der Waals surface area contributed by atoms with Crippen molar-refractivity contribution in [2.45, 2.75) is 52.0 Å². The first-order valence-corrected chi connectivity index (χ1v) is 11.4. The van der Waals surface area contributed by atoms with Crippen molar-refractivity contribution in [2.24, 2.45) is 5.92 Å². The lowest BCUT2D eigenvalue weighted by Gasteiger charge is -2.20. The molecule has 0 radical (unpaired) electrons. The summed E-state index contributed by atoms with van der Waals surface area (Å²) in [5.74, 6) is -0.665. The zero-order chi connectivity index (χ0) is 23.6. The van der Waals surface area contributed by atoms with Crippen LogP contribution in [0.3, 0.4) is 0 Å². The Morgan fingerprint density at radius 2 is 1.67 bits per heavy atom. The lowest BCUT2D eigenvalue weighted by Crippen LogP contribution is -2.29. The molecule has 1 N–H and O–H groups in total. The van der Waals surface area contributed by atoms with E-state index < -0.39 is 5.97 Å². The Hall–Kier alpha value is -3.19. The van der Waals surface area contributed by atoms with Crippen LogP contribution in [0.2, 0.25) is 0 Å². The molecular weight excluding hydrogens is 422 g/mol. The minimum Gasteiger partial charge on any atom is -0.482 e. The molecule has 1 fully saturated rings. The quantitative estimate of drug-likeness (QED) is 0.325. The molecular formula is C26H31NO6. The van der Waals surface area contributed by atoms with Gasteiger partial charge in [-0.05, 0) is 43.2 Å². The summed E-state index contributed by atoms with van der Waals surface area (Å²) >= 11 is 0. The van der Waals surface area contributed by atoms with Gasteiger partial charge >= 0.3 is 11.9 Å². The molecule has 0 spiro atoms. The summed E-state index contributed by atoms with van der Waals surface area (Å²) < 4.78 is 16.5. The third kappa shape index (κ3) is 7.71. The first kappa shape index (κ1) is 24.5. The number of hydrogen-bond donors (Lipinski definition) is 1. The van der Waals surface area contributed by atoms with Crippen molar-refractivity contribution < 1.29 is 28.6 Å². The molecule has 33 heavy (non-hydrogen) atoms. The van der Waals surface area contributed by atoms with Gasteiger partial charge in [-0.1, -0.05) is 51.3 Å². The number of carbonyl (C=O) groups is 3. The van der Waals surface area contributed by atoms with Gasteiger partial charge in [-0.15, -0.1) is 0 Å². The number of Topliss-reactive ketones (excluding diaryl/α,β-unsaturated/α-hetero) is 1. The van der Waals surface area contributed by atoms with Crippen molar-refractivity contribution in [1.29, 1.82) is 0 Å². The normalized spacial score (nSPS) is 14.0. The van der Waals surface area contributed by atoms with Gasteiger partial charge in [0.2, 0.25) is 0 Å². The van der Waals surface area contributed by atoms with Gasteiger partial charge < -0.3 is 19.5 Å². The number of ketones is 1. The SMILES string of the molecule is CC(C)NCC(=O)c1ccc(OC(=O)COc2ccccc2)c(OC(=O)C2CCCCC2)c1. The highest BCUT2D eigenvalue weighted by molar-refractivity contribution is 5.98.